The summed E-state index contributed by atoms with van der Waals surface area (Å²) in [7, 11) is 1.56. The predicted molar refractivity (Wildman–Crippen MR) is 64.7 cm³/mol. The maximum atomic E-state index is 10.8. The third-order valence-corrected chi connectivity index (χ3v) is 3.49. The molecule has 0 aliphatic carbocycles. The Kier molecular flexibility index (Phi) is 4.42. The molecule has 5 heteroatoms. The third kappa shape index (κ3) is 3.21. The molecule has 1 aromatic rings. The fourth-order valence-electron chi connectivity index (χ4n) is 1.58. The Balaban J connectivity index is 1.79. The van der Waals surface area contributed by atoms with Crippen molar-refractivity contribution < 1.29 is 18.7 Å². The van der Waals surface area contributed by atoms with Gasteiger partial charge in [0.1, 0.15) is 12.0 Å². The van der Waals surface area contributed by atoms with Crippen molar-refractivity contribution in [3.8, 4) is 0 Å². The van der Waals surface area contributed by atoms with Crippen LogP contribution < -0.4 is 0 Å². The lowest BCUT2D eigenvalue weighted by Gasteiger charge is -2.13. The lowest BCUT2D eigenvalue weighted by molar-refractivity contribution is -0.108. The van der Waals surface area contributed by atoms with E-state index in [9.17, 15) is 4.79 Å². The van der Waals surface area contributed by atoms with Gasteiger partial charge in [-0.05, 0) is 18.2 Å². The number of hydrogen-bond acceptors (Lipinski definition) is 5. The minimum Gasteiger partial charge on any atom is -0.468 e. The Morgan fingerprint density at radius 3 is 3.12 bits per heavy atom. The number of aldehydes is 1. The summed E-state index contributed by atoms with van der Waals surface area (Å²) in [6.45, 7) is 0. The van der Waals surface area contributed by atoms with Gasteiger partial charge in [-0.2, -0.15) is 11.8 Å². The monoisotopic (exact) mass is 254 g/mol. The van der Waals surface area contributed by atoms with E-state index in [-0.39, 0.29) is 6.10 Å². The number of methoxy groups -OCH3 is 1. The molecule has 1 aromatic heterocycles. The largest absolute Gasteiger partial charge is 0.468 e. The molecule has 1 aliphatic rings. The highest BCUT2D eigenvalue weighted by molar-refractivity contribution is 7.98. The zero-order valence-electron chi connectivity index (χ0n) is 9.50. The molecule has 2 heterocycles. The zero-order chi connectivity index (χ0) is 12.1. The van der Waals surface area contributed by atoms with E-state index in [0.29, 0.717) is 11.3 Å². The van der Waals surface area contributed by atoms with Crippen molar-refractivity contribution in [3.63, 3.8) is 0 Å². The van der Waals surface area contributed by atoms with E-state index in [1.54, 1.807) is 31.2 Å². The molecule has 1 aliphatic heterocycles. The first-order chi connectivity index (χ1) is 8.33. The van der Waals surface area contributed by atoms with Crippen LogP contribution in [0.2, 0.25) is 0 Å². The van der Waals surface area contributed by atoms with Crippen LogP contribution in [0.15, 0.2) is 34.5 Å². The first-order valence-corrected chi connectivity index (χ1v) is 6.44. The molecule has 0 radical (unpaired) electrons. The van der Waals surface area contributed by atoms with Crippen LogP contribution in [-0.2, 0) is 20.0 Å². The van der Waals surface area contributed by atoms with Crippen LogP contribution in [0.5, 0.6) is 0 Å². The van der Waals surface area contributed by atoms with Crippen LogP contribution in [-0.4, -0.2) is 31.5 Å². The zero-order valence-corrected chi connectivity index (χ0v) is 10.3. The molecule has 0 N–H and O–H groups in total. The first kappa shape index (κ1) is 12.4. The summed E-state index contributed by atoms with van der Waals surface area (Å²) >= 11 is 1.67. The summed E-state index contributed by atoms with van der Waals surface area (Å²) in [5.74, 6) is 2.41. The Morgan fingerprint density at radius 2 is 2.47 bits per heavy atom. The topological polar surface area (TPSA) is 48.7 Å². The number of hydrogen-bond donors (Lipinski definition) is 0. The van der Waals surface area contributed by atoms with Gasteiger partial charge in [0.25, 0.3) is 0 Å². The summed E-state index contributed by atoms with van der Waals surface area (Å²) in [5, 5.41) is 0. The minimum atomic E-state index is -0.399. The first-order valence-electron chi connectivity index (χ1n) is 5.28. The highest BCUT2D eigenvalue weighted by atomic mass is 32.2. The van der Waals surface area contributed by atoms with E-state index < -0.39 is 6.29 Å². The molecule has 92 valence electrons. The fraction of sp³-hybridized carbons (Fsp3) is 0.417. The number of ether oxygens (including phenoxy) is 2. The van der Waals surface area contributed by atoms with Gasteiger partial charge in [0.2, 0.25) is 0 Å². The number of carbonyl (C=O) groups excluding carboxylic acids is 1. The number of carbonyl (C=O) groups is 1. The second-order valence-electron chi connectivity index (χ2n) is 3.61. The van der Waals surface area contributed by atoms with Crippen molar-refractivity contribution in [1.82, 2.24) is 0 Å². The smallest absolute Gasteiger partial charge is 0.178 e. The average molecular weight is 254 g/mol. The average Bonchev–Trinajstić information content (AvgIpc) is 2.98. The summed E-state index contributed by atoms with van der Waals surface area (Å²) in [6, 6.07) is 3.79. The Hall–Kier alpha value is -1.04. The minimum absolute atomic E-state index is 0.183. The van der Waals surface area contributed by atoms with Gasteiger partial charge >= 0.3 is 0 Å². The SMILES string of the molecule is CO[C@@H]1C=C(C=O)[C@@H](CSCc2ccco2)O1. The van der Waals surface area contributed by atoms with Crippen molar-refractivity contribution in [2.45, 2.75) is 18.1 Å². The standard InChI is InChI=1S/C12H14O4S/c1-14-12-5-9(6-13)11(16-12)8-17-7-10-3-2-4-15-10/h2-6,11-12H,7-8H2,1H3/t11-,12+/m1/s1. The second kappa shape index (κ2) is 6.05. The molecule has 4 nitrogen and oxygen atoms in total. The van der Waals surface area contributed by atoms with E-state index in [4.69, 9.17) is 13.9 Å². The van der Waals surface area contributed by atoms with Gasteiger partial charge in [-0.25, -0.2) is 0 Å². The summed E-state index contributed by atoms with van der Waals surface area (Å²) in [6.07, 6.45) is 3.61. The lowest BCUT2D eigenvalue weighted by Crippen LogP contribution is -2.18. The molecule has 0 bridgehead atoms. The summed E-state index contributed by atoms with van der Waals surface area (Å²) < 4.78 is 15.8. The molecule has 0 saturated carbocycles. The van der Waals surface area contributed by atoms with Gasteiger partial charge < -0.3 is 13.9 Å². The fourth-order valence-corrected chi connectivity index (χ4v) is 2.55. The highest BCUT2D eigenvalue weighted by Crippen LogP contribution is 2.24. The molecule has 0 amide bonds. The Bertz CT molecular complexity index is 385. The maximum Gasteiger partial charge on any atom is 0.178 e. The number of rotatable bonds is 6. The van der Waals surface area contributed by atoms with Gasteiger partial charge in [-0.15, -0.1) is 0 Å². The molecule has 17 heavy (non-hydrogen) atoms. The van der Waals surface area contributed by atoms with E-state index >= 15 is 0 Å². The van der Waals surface area contributed by atoms with Crippen molar-refractivity contribution >= 4 is 18.0 Å². The van der Waals surface area contributed by atoms with Crippen LogP contribution in [0.1, 0.15) is 5.76 Å². The molecule has 2 atom stereocenters. The highest BCUT2D eigenvalue weighted by Gasteiger charge is 2.26. The van der Waals surface area contributed by atoms with Gasteiger partial charge in [0.15, 0.2) is 6.29 Å². The Morgan fingerprint density at radius 1 is 1.59 bits per heavy atom. The van der Waals surface area contributed by atoms with Crippen molar-refractivity contribution in [2.24, 2.45) is 0 Å². The van der Waals surface area contributed by atoms with E-state index in [0.717, 1.165) is 17.8 Å². The maximum absolute atomic E-state index is 10.8. The van der Waals surface area contributed by atoms with Crippen molar-refractivity contribution in [2.75, 3.05) is 12.9 Å². The summed E-state index contributed by atoms with van der Waals surface area (Å²) in [5.41, 5.74) is 0.656. The van der Waals surface area contributed by atoms with Gasteiger partial charge in [0, 0.05) is 18.4 Å². The van der Waals surface area contributed by atoms with Crippen LogP contribution in [0.4, 0.5) is 0 Å². The molecule has 0 spiro atoms. The number of furan rings is 1. The van der Waals surface area contributed by atoms with Crippen LogP contribution >= 0.6 is 11.8 Å². The quantitative estimate of drug-likeness (QED) is 0.727. The predicted octanol–water partition coefficient (Wildman–Crippen LogP) is 2.01. The molecular formula is C12H14O4S. The normalized spacial score (nSPS) is 23.7. The molecule has 0 fully saturated rings. The molecule has 2 rings (SSSR count). The molecule has 0 unspecified atom stereocenters. The third-order valence-electron chi connectivity index (χ3n) is 2.46. The molecule has 0 aromatic carbocycles. The van der Waals surface area contributed by atoms with E-state index in [1.807, 2.05) is 12.1 Å². The van der Waals surface area contributed by atoms with Gasteiger partial charge in [-0.1, -0.05) is 0 Å². The molecule has 0 saturated heterocycles. The van der Waals surface area contributed by atoms with Crippen LogP contribution in [0, 0.1) is 0 Å². The molecular weight excluding hydrogens is 240 g/mol. The number of thioether (sulfide) groups is 1. The Labute approximate surface area is 104 Å². The van der Waals surface area contributed by atoms with Gasteiger partial charge in [0.05, 0.1) is 18.1 Å². The van der Waals surface area contributed by atoms with Crippen LogP contribution in [0.3, 0.4) is 0 Å². The summed E-state index contributed by atoms with van der Waals surface area (Å²) in [4.78, 5) is 10.8. The van der Waals surface area contributed by atoms with E-state index in [1.165, 1.54) is 0 Å². The van der Waals surface area contributed by atoms with E-state index in [2.05, 4.69) is 0 Å². The lowest BCUT2D eigenvalue weighted by atomic mass is 10.2. The van der Waals surface area contributed by atoms with Gasteiger partial charge in [-0.3, -0.25) is 4.79 Å². The van der Waals surface area contributed by atoms with Crippen molar-refractivity contribution in [3.05, 3.63) is 35.8 Å². The van der Waals surface area contributed by atoms with Crippen molar-refractivity contribution in [1.29, 1.82) is 0 Å². The van der Waals surface area contributed by atoms with Crippen LogP contribution in [0.25, 0.3) is 0 Å². The second-order valence-corrected chi connectivity index (χ2v) is 4.64.